The van der Waals surface area contributed by atoms with E-state index in [1.54, 1.807) is 0 Å². The Hall–Kier alpha value is -0.990. The third kappa shape index (κ3) is 48.3. The van der Waals surface area contributed by atoms with E-state index in [0.717, 1.165) is 38.5 Å². The van der Waals surface area contributed by atoms with Gasteiger partial charge in [0.25, 0.3) is 0 Å². The molecule has 1 N–H and O–H groups in total. The van der Waals surface area contributed by atoms with Crippen LogP contribution in [0.25, 0.3) is 0 Å². The van der Waals surface area contributed by atoms with Gasteiger partial charge >= 0.3 is 19.8 Å². The number of quaternary nitrogens is 1. The maximum atomic E-state index is 12.8. The molecule has 0 aliphatic heterocycles. The first-order chi connectivity index (χ1) is 29.5. The maximum Gasteiger partial charge on any atom is 0.472 e. The molecule has 2 unspecified atom stereocenters. The quantitative estimate of drug-likeness (QED) is 0.0278. The molecule has 364 valence electrons. The molecular formula is C51H103NO8P+. The summed E-state index contributed by atoms with van der Waals surface area (Å²) in [6.45, 7) is 4.49. The van der Waals surface area contributed by atoms with Crippen molar-refractivity contribution in [3.05, 3.63) is 0 Å². The highest BCUT2D eigenvalue weighted by Gasteiger charge is 2.27. The van der Waals surface area contributed by atoms with Gasteiger partial charge in [0.2, 0.25) is 0 Å². The summed E-state index contributed by atoms with van der Waals surface area (Å²) in [7, 11) is 1.50. The van der Waals surface area contributed by atoms with E-state index in [-0.39, 0.29) is 25.6 Å². The standard InChI is InChI=1S/C51H102NO8P/c1-6-8-10-12-14-16-18-20-22-23-24-25-26-27-28-29-30-32-34-36-38-40-42-44-51(54)60-49(48-59-61(55,56)58-46-45-52(3,4)5)47-57-50(53)43-41-39-37-35-33-31-21-19-17-15-13-11-9-7-2/h49H,6-48H2,1-5H3/p+1. The largest absolute Gasteiger partial charge is 0.472 e. The van der Waals surface area contributed by atoms with Gasteiger partial charge in [-0.2, -0.15) is 0 Å². The van der Waals surface area contributed by atoms with E-state index in [1.165, 1.54) is 199 Å². The van der Waals surface area contributed by atoms with Crippen LogP contribution in [0.1, 0.15) is 264 Å². The Morgan fingerprint density at radius 2 is 0.738 bits per heavy atom. The molecule has 0 aromatic rings. The van der Waals surface area contributed by atoms with E-state index in [2.05, 4.69) is 13.8 Å². The van der Waals surface area contributed by atoms with E-state index in [9.17, 15) is 19.0 Å². The van der Waals surface area contributed by atoms with Crippen LogP contribution in [0, 0.1) is 0 Å². The lowest BCUT2D eigenvalue weighted by molar-refractivity contribution is -0.870. The number of nitrogens with zero attached hydrogens (tertiary/aromatic N) is 1. The molecule has 0 heterocycles. The van der Waals surface area contributed by atoms with Gasteiger partial charge in [-0.1, -0.05) is 239 Å². The minimum absolute atomic E-state index is 0.0372. The summed E-state index contributed by atoms with van der Waals surface area (Å²) in [6.07, 6.45) is 47.3. The summed E-state index contributed by atoms with van der Waals surface area (Å²) in [6, 6.07) is 0. The van der Waals surface area contributed by atoms with Crippen molar-refractivity contribution >= 4 is 19.8 Å². The SMILES string of the molecule is CCCCCCCCCCCCCCCCCCCCCCCCCC(=O)OC(COC(=O)CCCCCCCCCCCCCCCC)COP(=O)(O)OCC[N+](C)(C)C. The number of carbonyl (C=O) groups excluding carboxylic acids is 2. The Morgan fingerprint density at radius 1 is 0.443 bits per heavy atom. The van der Waals surface area contributed by atoms with Crippen molar-refractivity contribution in [2.24, 2.45) is 0 Å². The Labute approximate surface area is 378 Å². The average molecular weight is 889 g/mol. The Bertz CT molecular complexity index is 1010. The predicted molar refractivity (Wildman–Crippen MR) is 257 cm³/mol. The number of ether oxygens (including phenoxy) is 2. The molecule has 2 atom stereocenters. The molecule has 0 aliphatic carbocycles. The molecule has 0 radical (unpaired) electrons. The zero-order valence-corrected chi connectivity index (χ0v) is 42.1. The number of carbonyl (C=O) groups is 2. The number of phosphoric acid groups is 1. The van der Waals surface area contributed by atoms with Crippen LogP contribution in [0.5, 0.6) is 0 Å². The van der Waals surface area contributed by atoms with Crippen molar-refractivity contribution in [2.75, 3.05) is 47.5 Å². The lowest BCUT2D eigenvalue weighted by atomic mass is 10.0. The average Bonchev–Trinajstić information content (AvgIpc) is 3.21. The molecule has 0 amide bonds. The van der Waals surface area contributed by atoms with Crippen LogP contribution in [0.3, 0.4) is 0 Å². The second kappa shape index (κ2) is 44.2. The number of likely N-dealkylation sites (N-methyl/N-ethyl adjacent to an activating group) is 1. The lowest BCUT2D eigenvalue weighted by Crippen LogP contribution is -2.37. The molecule has 9 nitrogen and oxygen atoms in total. The van der Waals surface area contributed by atoms with Gasteiger partial charge < -0.3 is 18.9 Å². The van der Waals surface area contributed by atoms with Gasteiger partial charge in [-0.3, -0.25) is 18.6 Å². The normalized spacial score (nSPS) is 13.3. The number of phosphoric ester groups is 1. The molecule has 0 bridgehead atoms. The van der Waals surface area contributed by atoms with Crippen LogP contribution in [-0.2, 0) is 32.7 Å². The zero-order valence-electron chi connectivity index (χ0n) is 41.2. The van der Waals surface area contributed by atoms with E-state index >= 15 is 0 Å². The molecule has 10 heteroatoms. The van der Waals surface area contributed by atoms with E-state index in [4.69, 9.17) is 18.5 Å². The van der Waals surface area contributed by atoms with Crippen molar-refractivity contribution in [3.63, 3.8) is 0 Å². The second-order valence-corrected chi connectivity index (χ2v) is 20.7. The summed E-state index contributed by atoms with van der Waals surface area (Å²) in [5, 5.41) is 0. The first kappa shape index (κ1) is 60.0. The molecule has 0 aliphatic rings. The monoisotopic (exact) mass is 889 g/mol. The Balaban J connectivity index is 4.14. The van der Waals surface area contributed by atoms with Crippen LogP contribution in [0.15, 0.2) is 0 Å². The van der Waals surface area contributed by atoms with Crippen molar-refractivity contribution in [2.45, 2.75) is 270 Å². The Kier molecular flexibility index (Phi) is 43.5. The molecular weight excluding hydrogens is 786 g/mol. The van der Waals surface area contributed by atoms with E-state index in [0.29, 0.717) is 17.4 Å². The van der Waals surface area contributed by atoms with Gasteiger partial charge in [0, 0.05) is 12.8 Å². The van der Waals surface area contributed by atoms with Gasteiger partial charge in [-0.05, 0) is 12.8 Å². The second-order valence-electron chi connectivity index (χ2n) is 19.3. The van der Waals surface area contributed by atoms with Gasteiger partial charge in [0.1, 0.15) is 19.8 Å². The highest BCUT2D eigenvalue weighted by Crippen LogP contribution is 2.43. The van der Waals surface area contributed by atoms with Crippen LogP contribution < -0.4 is 0 Å². The van der Waals surface area contributed by atoms with Gasteiger partial charge in [-0.15, -0.1) is 0 Å². The van der Waals surface area contributed by atoms with Gasteiger partial charge in [0.05, 0.1) is 27.7 Å². The molecule has 0 saturated carbocycles. The number of unbranched alkanes of at least 4 members (excludes halogenated alkanes) is 35. The molecule has 0 saturated heterocycles. The highest BCUT2D eigenvalue weighted by atomic mass is 31.2. The fraction of sp³-hybridized carbons (Fsp3) is 0.961. The zero-order chi connectivity index (χ0) is 45.0. The molecule has 61 heavy (non-hydrogen) atoms. The summed E-state index contributed by atoms with van der Waals surface area (Å²) in [5.41, 5.74) is 0. The summed E-state index contributed by atoms with van der Waals surface area (Å²) in [5.74, 6) is -0.778. The van der Waals surface area contributed by atoms with Gasteiger partial charge in [-0.25, -0.2) is 4.57 Å². The molecule has 0 aromatic carbocycles. The van der Waals surface area contributed by atoms with Crippen LogP contribution in [0.4, 0.5) is 0 Å². The molecule has 0 spiro atoms. The van der Waals surface area contributed by atoms with E-state index in [1.807, 2.05) is 21.1 Å². The van der Waals surface area contributed by atoms with E-state index < -0.39 is 26.5 Å². The lowest BCUT2D eigenvalue weighted by Gasteiger charge is -2.24. The van der Waals surface area contributed by atoms with Crippen LogP contribution >= 0.6 is 7.82 Å². The number of rotatable bonds is 49. The number of hydrogen-bond donors (Lipinski definition) is 1. The highest BCUT2D eigenvalue weighted by molar-refractivity contribution is 7.47. The predicted octanol–water partition coefficient (Wildman–Crippen LogP) is 15.5. The Morgan fingerprint density at radius 3 is 1.05 bits per heavy atom. The smallest absolute Gasteiger partial charge is 0.462 e. The third-order valence-corrected chi connectivity index (χ3v) is 12.9. The molecule has 0 aromatic heterocycles. The number of hydrogen-bond acceptors (Lipinski definition) is 7. The third-order valence-electron chi connectivity index (χ3n) is 11.9. The minimum Gasteiger partial charge on any atom is -0.462 e. The van der Waals surface area contributed by atoms with Crippen molar-refractivity contribution in [1.82, 2.24) is 0 Å². The van der Waals surface area contributed by atoms with Crippen LogP contribution in [0.2, 0.25) is 0 Å². The van der Waals surface area contributed by atoms with Gasteiger partial charge in [0.15, 0.2) is 6.10 Å². The first-order valence-corrected chi connectivity index (χ1v) is 27.8. The fourth-order valence-corrected chi connectivity index (χ4v) is 8.52. The van der Waals surface area contributed by atoms with Crippen LogP contribution in [-0.4, -0.2) is 74.9 Å². The van der Waals surface area contributed by atoms with Crippen molar-refractivity contribution < 1.29 is 42.1 Å². The van der Waals surface area contributed by atoms with Crippen molar-refractivity contribution in [3.8, 4) is 0 Å². The fourth-order valence-electron chi connectivity index (χ4n) is 7.78. The maximum absolute atomic E-state index is 12.8. The van der Waals surface area contributed by atoms with Crippen molar-refractivity contribution in [1.29, 1.82) is 0 Å². The number of esters is 2. The molecule has 0 fully saturated rings. The summed E-state index contributed by atoms with van der Waals surface area (Å²) >= 11 is 0. The molecule has 0 rings (SSSR count). The summed E-state index contributed by atoms with van der Waals surface area (Å²) < 4.78 is 34.5. The minimum atomic E-state index is -4.37. The first-order valence-electron chi connectivity index (χ1n) is 26.3. The topological polar surface area (TPSA) is 108 Å². The summed E-state index contributed by atoms with van der Waals surface area (Å²) in [4.78, 5) is 35.5.